The highest BCUT2D eigenvalue weighted by atomic mass is 32.2. The Labute approximate surface area is 94.4 Å². The van der Waals surface area contributed by atoms with Crippen LogP contribution in [0.15, 0.2) is 24.3 Å². The van der Waals surface area contributed by atoms with Crippen molar-refractivity contribution in [2.45, 2.75) is 12.3 Å². The van der Waals surface area contributed by atoms with Gasteiger partial charge in [-0.1, -0.05) is 6.07 Å². The Balaban J connectivity index is 2.44. The van der Waals surface area contributed by atoms with E-state index in [9.17, 15) is 8.42 Å². The molecule has 16 heavy (non-hydrogen) atoms. The van der Waals surface area contributed by atoms with E-state index in [-0.39, 0.29) is 5.75 Å². The van der Waals surface area contributed by atoms with E-state index in [2.05, 4.69) is 4.98 Å². The summed E-state index contributed by atoms with van der Waals surface area (Å²) in [7, 11) is -3.00. The molecule has 0 saturated carbocycles. The van der Waals surface area contributed by atoms with Crippen molar-refractivity contribution in [3.8, 4) is 0 Å². The molecular formula is C11H14N2O2S. The van der Waals surface area contributed by atoms with Gasteiger partial charge in [-0.2, -0.15) is 0 Å². The molecule has 0 bridgehead atoms. The number of rotatable bonds is 3. The molecule has 86 valence electrons. The monoisotopic (exact) mass is 238 g/mol. The highest BCUT2D eigenvalue weighted by Crippen LogP contribution is 2.18. The number of hydrogen-bond donors (Lipinski definition) is 2. The summed E-state index contributed by atoms with van der Waals surface area (Å²) in [5.41, 5.74) is 8.24. The summed E-state index contributed by atoms with van der Waals surface area (Å²) in [4.78, 5) is 3.08. The minimum atomic E-state index is -3.00. The maximum Gasteiger partial charge on any atom is 0.153 e. The fourth-order valence-electron chi connectivity index (χ4n) is 1.73. The molecule has 3 N–H and O–H groups in total. The molecule has 0 atom stereocenters. The second kappa shape index (κ2) is 3.92. The molecule has 0 aliphatic rings. The number of sulfone groups is 1. The first-order chi connectivity index (χ1) is 7.48. The number of aromatic nitrogens is 1. The lowest BCUT2D eigenvalue weighted by Gasteiger charge is -1.95. The van der Waals surface area contributed by atoms with Gasteiger partial charge in [0.05, 0.1) is 5.75 Å². The first kappa shape index (κ1) is 11.2. The van der Waals surface area contributed by atoms with Crippen LogP contribution in [0.2, 0.25) is 0 Å². The Hall–Kier alpha value is -1.33. The van der Waals surface area contributed by atoms with Crippen molar-refractivity contribution in [3.05, 3.63) is 35.5 Å². The summed E-state index contributed by atoms with van der Waals surface area (Å²) in [6.45, 7) is 0.489. The molecule has 1 heterocycles. The number of H-pyrrole nitrogens is 1. The molecule has 0 aliphatic carbocycles. The van der Waals surface area contributed by atoms with Gasteiger partial charge in [-0.25, -0.2) is 8.42 Å². The van der Waals surface area contributed by atoms with E-state index in [1.807, 2.05) is 24.3 Å². The molecule has 0 saturated heterocycles. The van der Waals surface area contributed by atoms with Crippen LogP contribution in [-0.2, 0) is 22.1 Å². The second-order valence-corrected chi connectivity index (χ2v) is 6.13. The fourth-order valence-corrected chi connectivity index (χ4v) is 2.45. The maximum absolute atomic E-state index is 11.2. The predicted molar refractivity (Wildman–Crippen MR) is 64.7 cm³/mol. The van der Waals surface area contributed by atoms with Crippen LogP contribution in [0, 0.1) is 0 Å². The zero-order valence-electron chi connectivity index (χ0n) is 9.03. The third-order valence-corrected chi connectivity index (χ3v) is 3.23. The molecule has 0 aliphatic heterocycles. The van der Waals surface area contributed by atoms with E-state index in [4.69, 9.17) is 5.73 Å². The molecule has 0 spiro atoms. The normalized spacial score (nSPS) is 12.1. The van der Waals surface area contributed by atoms with Gasteiger partial charge >= 0.3 is 0 Å². The summed E-state index contributed by atoms with van der Waals surface area (Å²) < 4.78 is 22.3. The van der Waals surface area contributed by atoms with Crippen LogP contribution >= 0.6 is 0 Å². The zero-order chi connectivity index (χ0) is 11.8. The van der Waals surface area contributed by atoms with Crippen LogP contribution in [0.1, 0.15) is 11.3 Å². The van der Waals surface area contributed by atoms with Crippen molar-refractivity contribution in [2.24, 2.45) is 5.73 Å². The summed E-state index contributed by atoms with van der Waals surface area (Å²) in [5, 5.41) is 1.00. The van der Waals surface area contributed by atoms with Crippen molar-refractivity contribution in [2.75, 3.05) is 6.26 Å². The van der Waals surface area contributed by atoms with Crippen molar-refractivity contribution < 1.29 is 8.42 Å². The van der Waals surface area contributed by atoms with Gasteiger partial charge in [0.25, 0.3) is 0 Å². The summed E-state index contributed by atoms with van der Waals surface area (Å²) in [6.07, 6.45) is 1.23. The number of nitrogens with two attached hydrogens (primary N) is 1. The summed E-state index contributed by atoms with van der Waals surface area (Å²) in [6, 6.07) is 7.68. The van der Waals surface area contributed by atoms with Gasteiger partial charge in [-0.15, -0.1) is 0 Å². The SMILES string of the molecule is CS(=O)(=O)Cc1cc2cc(CN)ccc2[nH]1. The van der Waals surface area contributed by atoms with Crippen LogP contribution in [-0.4, -0.2) is 19.7 Å². The van der Waals surface area contributed by atoms with E-state index in [0.717, 1.165) is 16.5 Å². The lowest BCUT2D eigenvalue weighted by Crippen LogP contribution is -2.00. The fraction of sp³-hybridized carbons (Fsp3) is 0.273. The van der Waals surface area contributed by atoms with Gasteiger partial charge in [0, 0.05) is 24.0 Å². The Bertz CT molecular complexity index is 614. The molecule has 1 aromatic heterocycles. The highest BCUT2D eigenvalue weighted by molar-refractivity contribution is 7.89. The minimum Gasteiger partial charge on any atom is -0.358 e. The molecule has 5 heteroatoms. The van der Waals surface area contributed by atoms with Gasteiger partial charge < -0.3 is 10.7 Å². The molecule has 2 aromatic rings. The molecule has 0 radical (unpaired) electrons. The Morgan fingerprint density at radius 3 is 2.69 bits per heavy atom. The topological polar surface area (TPSA) is 75.9 Å². The zero-order valence-corrected chi connectivity index (χ0v) is 9.84. The molecule has 0 fully saturated rings. The third-order valence-electron chi connectivity index (χ3n) is 2.39. The molecular weight excluding hydrogens is 224 g/mol. The number of nitrogens with one attached hydrogen (secondary N) is 1. The molecule has 2 rings (SSSR count). The number of fused-ring (bicyclic) bond motifs is 1. The molecule has 0 amide bonds. The average molecular weight is 238 g/mol. The Morgan fingerprint density at radius 2 is 2.06 bits per heavy atom. The summed E-state index contributed by atoms with van der Waals surface area (Å²) in [5.74, 6) is 0.0413. The quantitative estimate of drug-likeness (QED) is 0.842. The van der Waals surface area contributed by atoms with Gasteiger partial charge in [-0.05, 0) is 29.1 Å². The second-order valence-electron chi connectivity index (χ2n) is 3.99. The predicted octanol–water partition coefficient (Wildman–Crippen LogP) is 1.17. The van der Waals surface area contributed by atoms with Gasteiger partial charge in [-0.3, -0.25) is 0 Å². The largest absolute Gasteiger partial charge is 0.358 e. The highest BCUT2D eigenvalue weighted by Gasteiger charge is 2.07. The third kappa shape index (κ3) is 2.43. The van der Waals surface area contributed by atoms with E-state index >= 15 is 0 Å². The van der Waals surface area contributed by atoms with E-state index in [0.29, 0.717) is 12.2 Å². The standard InChI is InChI=1S/C11H14N2O2S/c1-16(14,15)7-10-5-9-4-8(6-12)2-3-11(9)13-10/h2-5,13H,6-7,12H2,1H3. The maximum atomic E-state index is 11.2. The number of benzene rings is 1. The summed E-state index contributed by atoms with van der Waals surface area (Å²) >= 11 is 0. The van der Waals surface area contributed by atoms with Crippen LogP contribution in [0.3, 0.4) is 0 Å². The van der Waals surface area contributed by atoms with Crippen LogP contribution in [0.25, 0.3) is 10.9 Å². The Morgan fingerprint density at radius 1 is 1.31 bits per heavy atom. The lowest BCUT2D eigenvalue weighted by molar-refractivity contribution is 0.600. The minimum absolute atomic E-state index is 0.0413. The molecule has 1 aromatic carbocycles. The first-order valence-electron chi connectivity index (χ1n) is 4.96. The average Bonchev–Trinajstić information content (AvgIpc) is 2.55. The van der Waals surface area contributed by atoms with Gasteiger partial charge in [0.2, 0.25) is 0 Å². The number of aromatic amines is 1. The van der Waals surface area contributed by atoms with Gasteiger partial charge in [0.1, 0.15) is 0 Å². The van der Waals surface area contributed by atoms with E-state index < -0.39 is 9.84 Å². The van der Waals surface area contributed by atoms with Crippen LogP contribution < -0.4 is 5.73 Å². The molecule has 0 unspecified atom stereocenters. The van der Waals surface area contributed by atoms with Crippen molar-refractivity contribution in [1.29, 1.82) is 0 Å². The van der Waals surface area contributed by atoms with Crippen molar-refractivity contribution >= 4 is 20.7 Å². The lowest BCUT2D eigenvalue weighted by atomic mass is 10.1. The Kier molecular flexibility index (Phi) is 2.73. The molecule has 4 nitrogen and oxygen atoms in total. The van der Waals surface area contributed by atoms with Crippen LogP contribution in [0.4, 0.5) is 0 Å². The van der Waals surface area contributed by atoms with Gasteiger partial charge in [0.15, 0.2) is 9.84 Å². The van der Waals surface area contributed by atoms with Crippen molar-refractivity contribution in [1.82, 2.24) is 4.98 Å². The van der Waals surface area contributed by atoms with Crippen LogP contribution in [0.5, 0.6) is 0 Å². The van der Waals surface area contributed by atoms with Crippen molar-refractivity contribution in [3.63, 3.8) is 0 Å². The van der Waals surface area contributed by atoms with E-state index in [1.165, 1.54) is 6.26 Å². The van der Waals surface area contributed by atoms with E-state index in [1.54, 1.807) is 0 Å². The first-order valence-corrected chi connectivity index (χ1v) is 7.02. The number of hydrogen-bond acceptors (Lipinski definition) is 3. The smallest absolute Gasteiger partial charge is 0.153 e.